The summed E-state index contributed by atoms with van der Waals surface area (Å²) in [7, 11) is 4.98. The summed E-state index contributed by atoms with van der Waals surface area (Å²) in [5.74, 6) is 0. The Labute approximate surface area is 90.5 Å². The summed E-state index contributed by atoms with van der Waals surface area (Å²) in [6.07, 6.45) is 11.9. The molecule has 2 radical (unpaired) electrons. The molecular formula is C11H11BN2O. The maximum atomic E-state index is 6.91. The Bertz CT molecular complexity index is 389. The second-order valence-corrected chi connectivity index (χ2v) is 2.83. The van der Waals surface area contributed by atoms with E-state index in [1.54, 1.807) is 0 Å². The number of aliphatic imine (C=N–C) groups is 1. The molecule has 0 saturated heterocycles. The van der Waals surface area contributed by atoms with Crippen LogP contribution in [0.5, 0.6) is 0 Å². The maximum absolute atomic E-state index is 6.91. The van der Waals surface area contributed by atoms with E-state index in [9.17, 15) is 0 Å². The van der Waals surface area contributed by atoms with Gasteiger partial charge in [0.25, 0.3) is 0 Å². The Morgan fingerprint density at radius 1 is 1.47 bits per heavy atom. The molecule has 0 aliphatic heterocycles. The lowest BCUT2D eigenvalue weighted by atomic mass is 10.0. The standard InChI is InChI=1S/C11H11BN2O/c1-2-3-9-4-5-11(14-8-13)10(6-9)7-15-12/h2-8,13H,1H3/b3-2+,10-7-,13-8?,14-11?. The van der Waals surface area contributed by atoms with Crippen LogP contribution in [0.2, 0.25) is 0 Å². The van der Waals surface area contributed by atoms with Crippen LogP contribution in [0.1, 0.15) is 6.92 Å². The van der Waals surface area contributed by atoms with Crippen molar-refractivity contribution in [1.82, 2.24) is 0 Å². The van der Waals surface area contributed by atoms with E-state index in [2.05, 4.69) is 9.65 Å². The van der Waals surface area contributed by atoms with Gasteiger partial charge in [-0.25, -0.2) is 4.99 Å². The molecule has 15 heavy (non-hydrogen) atoms. The minimum absolute atomic E-state index is 0.656. The zero-order valence-corrected chi connectivity index (χ0v) is 8.47. The summed E-state index contributed by atoms with van der Waals surface area (Å²) in [4.78, 5) is 3.88. The first-order valence-electron chi connectivity index (χ1n) is 4.47. The number of allylic oxidation sites excluding steroid dienone is 7. The minimum atomic E-state index is 0.656. The van der Waals surface area contributed by atoms with Crippen molar-refractivity contribution in [1.29, 1.82) is 5.41 Å². The summed E-state index contributed by atoms with van der Waals surface area (Å²) < 4.78 is 4.46. The summed E-state index contributed by atoms with van der Waals surface area (Å²) in [6, 6.07) is 0. The molecular weight excluding hydrogens is 187 g/mol. The quantitative estimate of drug-likeness (QED) is 0.321. The molecule has 3 nitrogen and oxygen atoms in total. The Morgan fingerprint density at radius 2 is 2.27 bits per heavy atom. The van der Waals surface area contributed by atoms with Crippen molar-refractivity contribution in [3.8, 4) is 0 Å². The van der Waals surface area contributed by atoms with Crippen LogP contribution in [0.15, 0.2) is 52.8 Å². The molecule has 0 bridgehead atoms. The second-order valence-electron chi connectivity index (χ2n) is 2.83. The summed E-state index contributed by atoms with van der Waals surface area (Å²) >= 11 is 0. The SMILES string of the molecule is [B]O/C=C1C=C(/C=C/C)C=CC/1=NC=N. The monoisotopic (exact) mass is 198 g/mol. The topological polar surface area (TPSA) is 45.4 Å². The van der Waals surface area contributed by atoms with Gasteiger partial charge in [-0.3, -0.25) is 5.41 Å². The van der Waals surface area contributed by atoms with Crippen LogP contribution in [-0.4, -0.2) is 20.1 Å². The fourth-order valence-electron chi connectivity index (χ4n) is 1.22. The summed E-state index contributed by atoms with van der Waals surface area (Å²) in [5, 5.41) is 6.91. The van der Waals surface area contributed by atoms with Gasteiger partial charge in [0.05, 0.1) is 12.0 Å². The van der Waals surface area contributed by atoms with E-state index in [1.807, 2.05) is 37.3 Å². The number of rotatable bonds is 3. The van der Waals surface area contributed by atoms with E-state index in [4.69, 9.17) is 13.5 Å². The van der Waals surface area contributed by atoms with Gasteiger partial charge < -0.3 is 4.65 Å². The molecule has 0 spiro atoms. The number of nitrogens with one attached hydrogen (secondary N) is 1. The second kappa shape index (κ2) is 5.80. The van der Waals surface area contributed by atoms with Crippen molar-refractivity contribution in [3.63, 3.8) is 0 Å². The molecule has 0 unspecified atom stereocenters. The lowest BCUT2D eigenvalue weighted by Crippen LogP contribution is -2.03. The Balaban J connectivity index is 3.04. The van der Waals surface area contributed by atoms with Gasteiger partial charge in [0.15, 0.2) is 0 Å². The molecule has 0 amide bonds. The minimum Gasteiger partial charge on any atom is -0.572 e. The predicted molar refractivity (Wildman–Crippen MR) is 63.2 cm³/mol. The lowest BCUT2D eigenvalue weighted by Gasteiger charge is -2.08. The molecule has 0 aromatic heterocycles. The van der Waals surface area contributed by atoms with Crippen LogP contribution in [0.25, 0.3) is 0 Å². The first kappa shape index (κ1) is 11.2. The fraction of sp³-hybridized carbons (Fsp3) is 0.0909. The van der Waals surface area contributed by atoms with E-state index < -0.39 is 0 Å². The van der Waals surface area contributed by atoms with Crippen LogP contribution in [-0.2, 0) is 4.65 Å². The van der Waals surface area contributed by atoms with Gasteiger partial charge in [-0.1, -0.05) is 18.2 Å². The van der Waals surface area contributed by atoms with Gasteiger partial charge in [-0.15, -0.1) is 0 Å². The fourth-order valence-corrected chi connectivity index (χ4v) is 1.22. The molecule has 0 saturated carbocycles. The van der Waals surface area contributed by atoms with E-state index in [-0.39, 0.29) is 0 Å². The smallest absolute Gasteiger partial charge is 0.373 e. The molecule has 74 valence electrons. The third kappa shape index (κ3) is 3.09. The third-order valence-electron chi connectivity index (χ3n) is 1.81. The highest BCUT2D eigenvalue weighted by atomic mass is 16.4. The van der Waals surface area contributed by atoms with Crippen LogP contribution >= 0.6 is 0 Å². The normalized spacial score (nSPS) is 21.0. The van der Waals surface area contributed by atoms with Crippen molar-refractivity contribution >= 4 is 20.1 Å². The Kier molecular flexibility index (Phi) is 4.35. The molecule has 0 aromatic carbocycles. The van der Waals surface area contributed by atoms with Crippen molar-refractivity contribution in [2.75, 3.05) is 0 Å². The highest BCUT2D eigenvalue weighted by Gasteiger charge is 2.06. The van der Waals surface area contributed by atoms with Crippen molar-refractivity contribution in [2.24, 2.45) is 4.99 Å². The van der Waals surface area contributed by atoms with Crippen LogP contribution in [0.3, 0.4) is 0 Å². The average Bonchev–Trinajstić information content (AvgIpc) is 2.23. The summed E-state index contributed by atoms with van der Waals surface area (Å²) in [5.41, 5.74) is 2.44. The summed E-state index contributed by atoms with van der Waals surface area (Å²) in [6.45, 7) is 1.94. The van der Waals surface area contributed by atoms with Gasteiger partial charge >= 0.3 is 8.05 Å². The van der Waals surface area contributed by atoms with Gasteiger partial charge in [-0.2, -0.15) is 0 Å². The van der Waals surface area contributed by atoms with Crippen LogP contribution in [0.4, 0.5) is 0 Å². The molecule has 1 N–H and O–H groups in total. The highest BCUT2D eigenvalue weighted by Crippen LogP contribution is 2.15. The molecule has 1 aliphatic rings. The van der Waals surface area contributed by atoms with Gasteiger partial charge in [0.1, 0.15) is 6.34 Å². The Morgan fingerprint density at radius 3 is 2.87 bits per heavy atom. The number of hydrogen-bond donors (Lipinski definition) is 1. The zero-order valence-electron chi connectivity index (χ0n) is 8.47. The molecule has 0 atom stereocenters. The molecule has 0 fully saturated rings. The molecule has 4 heteroatoms. The van der Waals surface area contributed by atoms with Crippen molar-refractivity contribution < 1.29 is 4.65 Å². The molecule has 1 rings (SSSR count). The highest BCUT2D eigenvalue weighted by molar-refractivity contribution is 6.14. The van der Waals surface area contributed by atoms with Crippen LogP contribution < -0.4 is 0 Å². The Hall–Kier alpha value is -1.84. The third-order valence-corrected chi connectivity index (χ3v) is 1.81. The first-order valence-corrected chi connectivity index (χ1v) is 4.47. The number of hydrogen-bond acceptors (Lipinski definition) is 2. The van der Waals surface area contributed by atoms with Crippen molar-refractivity contribution in [3.05, 3.63) is 47.8 Å². The molecule has 0 aromatic rings. The number of nitrogens with zero attached hydrogens (tertiary/aromatic N) is 1. The van der Waals surface area contributed by atoms with E-state index in [0.29, 0.717) is 5.71 Å². The van der Waals surface area contributed by atoms with E-state index >= 15 is 0 Å². The molecule has 1 aliphatic carbocycles. The maximum Gasteiger partial charge on any atom is 0.373 e. The van der Waals surface area contributed by atoms with Gasteiger partial charge in [0, 0.05) is 5.57 Å². The predicted octanol–water partition coefficient (Wildman–Crippen LogP) is 2.09. The zero-order chi connectivity index (χ0) is 11.1. The molecule has 0 heterocycles. The largest absolute Gasteiger partial charge is 0.572 e. The van der Waals surface area contributed by atoms with E-state index in [0.717, 1.165) is 17.5 Å². The van der Waals surface area contributed by atoms with Gasteiger partial charge in [-0.05, 0) is 24.6 Å². The van der Waals surface area contributed by atoms with Crippen LogP contribution in [0, 0.1) is 5.41 Å². The first-order chi connectivity index (χ1) is 7.31. The van der Waals surface area contributed by atoms with Crippen molar-refractivity contribution in [2.45, 2.75) is 6.92 Å². The lowest BCUT2D eigenvalue weighted by molar-refractivity contribution is 0.532. The van der Waals surface area contributed by atoms with E-state index in [1.165, 1.54) is 6.26 Å². The van der Waals surface area contributed by atoms with Gasteiger partial charge in [0.2, 0.25) is 0 Å². The average molecular weight is 198 g/mol.